The highest BCUT2D eigenvalue weighted by Gasteiger charge is 2.10. The molecule has 0 saturated carbocycles. The van der Waals surface area contributed by atoms with Crippen molar-refractivity contribution in [3.8, 4) is 11.1 Å². The Kier molecular flexibility index (Phi) is 3.15. The Hall–Kier alpha value is -3.09. The van der Waals surface area contributed by atoms with Crippen LogP contribution < -0.4 is 11.1 Å². The Morgan fingerprint density at radius 3 is 3.00 bits per heavy atom. The van der Waals surface area contributed by atoms with Crippen LogP contribution in [0.4, 0.5) is 11.6 Å². The number of nitrogens with zero attached hydrogens (tertiary/aromatic N) is 2. The molecule has 0 aliphatic rings. The van der Waals surface area contributed by atoms with E-state index in [1.54, 1.807) is 24.5 Å². The molecule has 0 amide bonds. The van der Waals surface area contributed by atoms with Gasteiger partial charge in [-0.1, -0.05) is 0 Å². The van der Waals surface area contributed by atoms with Crippen LogP contribution in [-0.4, -0.2) is 32.6 Å². The van der Waals surface area contributed by atoms with Crippen molar-refractivity contribution in [2.75, 3.05) is 17.6 Å². The van der Waals surface area contributed by atoms with E-state index in [1.807, 2.05) is 12.1 Å². The lowest BCUT2D eigenvalue weighted by molar-refractivity contribution is -0.134. The first-order valence-corrected chi connectivity index (χ1v) is 6.29. The van der Waals surface area contributed by atoms with Gasteiger partial charge in [0.1, 0.15) is 23.8 Å². The Balaban J connectivity index is 2.11. The Morgan fingerprint density at radius 2 is 2.24 bits per heavy atom. The van der Waals surface area contributed by atoms with Crippen LogP contribution in [-0.2, 0) is 4.79 Å². The highest BCUT2D eigenvalue weighted by Crippen LogP contribution is 2.30. The maximum Gasteiger partial charge on any atom is 0.322 e. The quantitative estimate of drug-likeness (QED) is 0.579. The van der Waals surface area contributed by atoms with E-state index in [0.29, 0.717) is 17.3 Å². The fraction of sp³-hybridized carbons (Fsp3) is 0.0714. The molecule has 0 unspecified atom stereocenters. The second-order valence-electron chi connectivity index (χ2n) is 4.51. The number of nitrogens with two attached hydrogens (primary N) is 1. The molecular weight excluding hydrogens is 270 g/mol. The maximum atomic E-state index is 10.7. The summed E-state index contributed by atoms with van der Waals surface area (Å²) in [7, 11) is 0. The normalized spacial score (nSPS) is 10.7. The molecule has 0 aliphatic carbocycles. The van der Waals surface area contributed by atoms with Gasteiger partial charge in [0.2, 0.25) is 0 Å². The minimum absolute atomic E-state index is 0.197. The van der Waals surface area contributed by atoms with Gasteiger partial charge in [-0.15, -0.1) is 0 Å². The van der Waals surface area contributed by atoms with Crippen molar-refractivity contribution in [3.05, 3.63) is 36.7 Å². The van der Waals surface area contributed by atoms with Gasteiger partial charge in [0, 0.05) is 17.8 Å². The van der Waals surface area contributed by atoms with Crippen molar-refractivity contribution in [1.29, 1.82) is 0 Å². The van der Waals surface area contributed by atoms with Gasteiger partial charge in [0.25, 0.3) is 0 Å². The molecule has 0 aromatic carbocycles. The van der Waals surface area contributed by atoms with E-state index in [1.165, 1.54) is 0 Å². The molecule has 5 N–H and O–H groups in total. The molecule has 0 aliphatic heterocycles. The zero-order valence-electron chi connectivity index (χ0n) is 11.0. The summed E-state index contributed by atoms with van der Waals surface area (Å²) in [5, 5.41) is 12.5. The molecule has 0 spiro atoms. The first-order valence-electron chi connectivity index (χ1n) is 6.29. The summed E-state index contributed by atoms with van der Waals surface area (Å²) in [5.41, 5.74) is 8.20. The predicted molar refractivity (Wildman–Crippen MR) is 79.9 cm³/mol. The Labute approximate surface area is 119 Å². The van der Waals surface area contributed by atoms with Crippen molar-refractivity contribution in [2.24, 2.45) is 0 Å². The molecule has 0 bridgehead atoms. The van der Waals surface area contributed by atoms with Gasteiger partial charge in [-0.05, 0) is 35.4 Å². The highest BCUT2D eigenvalue weighted by molar-refractivity contribution is 5.95. The Bertz CT molecular complexity index is 812. The first kappa shape index (κ1) is 12.9. The van der Waals surface area contributed by atoms with Crippen molar-refractivity contribution >= 4 is 28.6 Å². The number of hydrogen-bond acceptors (Lipinski definition) is 5. The van der Waals surface area contributed by atoms with Crippen molar-refractivity contribution < 1.29 is 9.90 Å². The van der Waals surface area contributed by atoms with Gasteiger partial charge in [0.15, 0.2) is 0 Å². The number of nitrogen functional groups attached to an aromatic ring is 1. The molecule has 7 heteroatoms. The number of carboxylic acids is 1. The van der Waals surface area contributed by atoms with E-state index in [2.05, 4.69) is 20.3 Å². The molecule has 3 aromatic heterocycles. The Morgan fingerprint density at radius 1 is 1.38 bits per heavy atom. The molecular formula is C14H13N5O2. The molecule has 3 heterocycles. The third-order valence-corrected chi connectivity index (χ3v) is 3.04. The molecule has 106 valence electrons. The number of carbonyl (C=O) groups is 1. The SMILES string of the molecule is Nc1cc(-c2cc(NCC(=O)O)nc3[nH]ccc23)ccn1. The number of fused-ring (bicyclic) bond motifs is 1. The number of hydrogen-bond donors (Lipinski definition) is 4. The summed E-state index contributed by atoms with van der Waals surface area (Å²) in [4.78, 5) is 22.0. The number of aliphatic carboxylic acids is 1. The van der Waals surface area contributed by atoms with Crippen LogP contribution in [0.3, 0.4) is 0 Å². The average Bonchev–Trinajstić information content (AvgIpc) is 2.92. The lowest BCUT2D eigenvalue weighted by Gasteiger charge is -2.08. The van der Waals surface area contributed by atoms with Gasteiger partial charge in [0.05, 0.1) is 0 Å². The number of H-pyrrole nitrogens is 1. The molecule has 0 saturated heterocycles. The number of aromatic amines is 1. The van der Waals surface area contributed by atoms with Crippen molar-refractivity contribution in [3.63, 3.8) is 0 Å². The van der Waals surface area contributed by atoms with E-state index in [-0.39, 0.29) is 6.54 Å². The lowest BCUT2D eigenvalue weighted by atomic mass is 10.0. The highest BCUT2D eigenvalue weighted by atomic mass is 16.4. The van der Waals surface area contributed by atoms with Gasteiger partial charge in [-0.2, -0.15) is 0 Å². The largest absolute Gasteiger partial charge is 0.480 e. The van der Waals surface area contributed by atoms with Gasteiger partial charge >= 0.3 is 5.97 Å². The first-order chi connectivity index (χ1) is 10.1. The summed E-state index contributed by atoms with van der Waals surface area (Å²) >= 11 is 0. The van der Waals surface area contributed by atoms with Crippen molar-refractivity contribution in [1.82, 2.24) is 15.0 Å². The fourth-order valence-electron chi connectivity index (χ4n) is 2.15. The van der Waals surface area contributed by atoms with Gasteiger partial charge in [-0.25, -0.2) is 9.97 Å². The number of nitrogens with one attached hydrogen (secondary N) is 2. The summed E-state index contributed by atoms with van der Waals surface area (Å²) < 4.78 is 0. The number of pyridine rings is 2. The van der Waals surface area contributed by atoms with Gasteiger partial charge < -0.3 is 21.1 Å². The van der Waals surface area contributed by atoms with Crippen molar-refractivity contribution in [2.45, 2.75) is 0 Å². The summed E-state index contributed by atoms with van der Waals surface area (Å²) in [5.74, 6) is -0.0381. The van der Waals surface area contributed by atoms with Crippen LogP contribution in [0.2, 0.25) is 0 Å². The van der Waals surface area contributed by atoms with Crippen LogP contribution in [0.15, 0.2) is 36.7 Å². The smallest absolute Gasteiger partial charge is 0.322 e. The molecule has 0 fully saturated rings. The maximum absolute atomic E-state index is 10.7. The monoisotopic (exact) mass is 283 g/mol. The summed E-state index contributed by atoms with van der Waals surface area (Å²) in [6.45, 7) is -0.197. The standard InChI is InChI=1S/C14H13N5O2/c15-11-5-8(1-3-16-11)10-6-12(18-7-13(20)21)19-14-9(10)2-4-17-14/h1-6H,7H2,(H2,15,16)(H,20,21)(H2,17,18,19). The predicted octanol–water partition coefficient (Wildman–Crippen LogP) is 1.70. The summed E-state index contributed by atoms with van der Waals surface area (Å²) in [6.07, 6.45) is 3.42. The van der Waals surface area contributed by atoms with E-state index >= 15 is 0 Å². The lowest BCUT2D eigenvalue weighted by Crippen LogP contribution is -2.13. The van der Waals surface area contributed by atoms with E-state index in [4.69, 9.17) is 10.8 Å². The van der Waals surface area contributed by atoms with Crippen LogP contribution in [0.5, 0.6) is 0 Å². The van der Waals surface area contributed by atoms with Crippen LogP contribution in [0.25, 0.3) is 22.2 Å². The second kappa shape index (κ2) is 5.12. The number of aromatic nitrogens is 3. The fourth-order valence-corrected chi connectivity index (χ4v) is 2.15. The van der Waals surface area contributed by atoms with Crippen LogP contribution >= 0.6 is 0 Å². The third kappa shape index (κ3) is 2.62. The number of rotatable bonds is 4. The molecule has 7 nitrogen and oxygen atoms in total. The van der Waals surface area contributed by atoms with E-state index in [0.717, 1.165) is 16.5 Å². The number of carboxylic acid groups (broad SMARTS) is 1. The topological polar surface area (TPSA) is 117 Å². The van der Waals surface area contributed by atoms with E-state index in [9.17, 15) is 4.79 Å². The minimum Gasteiger partial charge on any atom is -0.480 e. The molecule has 3 rings (SSSR count). The molecule has 3 aromatic rings. The molecule has 0 radical (unpaired) electrons. The van der Waals surface area contributed by atoms with Gasteiger partial charge in [-0.3, -0.25) is 4.79 Å². The third-order valence-electron chi connectivity index (χ3n) is 3.04. The molecule has 21 heavy (non-hydrogen) atoms. The molecule has 0 atom stereocenters. The average molecular weight is 283 g/mol. The van der Waals surface area contributed by atoms with Crippen LogP contribution in [0.1, 0.15) is 0 Å². The van der Waals surface area contributed by atoms with E-state index < -0.39 is 5.97 Å². The van der Waals surface area contributed by atoms with Crippen LogP contribution in [0, 0.1) is 0 Å². The zero-order valence-corrected chi connectivity index (χ0v) is 11.0. The minimum atomic E-state index is -0.946. The second-order valence-corrected chi connectivity index (χ2v) is 4.51. The number of anilines is 2. The summed E-state index contributed by atoms with van der Waals surface area (Å²) in [6, 6.07) is 7.32. The zero-order chi connectivity index (χ0) is 14.8.